The molecule has 1 heterocycles. The highest BCUT2D eigenvalue weighted by Crippen LogP contribution is 2.29. The van der Waals surface area contributed by atoms with Crippen LogP contribution in [0.4, 0.5) is 4.39 Å². The molecule has 21 heavy (non-hydrogen) atoms. The maximum absolute atomic E-state index is 12.8. The topological polar surface area (TPSA) is 9.23 Å². The Kier molecular flexibility index (Phi) is 4.71. The molecule has 1 atom stereocenters. The van der Waals surface area contributed by atoms with Crippen molar-refractivity contribution in [3.8, 4) is 5.75 Å². The van der Waals surface area contributed by atoms with Gasteiger partial charge in [0, 0.05) is 23.3 Å². The second-order valence-corrected chi connectivity index (χ2v) is 6.31. The predicted molar refractivity (Wildman–Crippen MR) is 86.0 cm³/mol. The summed E-state index contributed by atoms with van der Waals surface area (Å²) in [5.74, 6) is 0.923. The van der Waals surface area contributed by atoms with Gasteiger partial charge in [-0.25, -0.2) is 0 Å². The van der Waals surface area contributed by atoms with Gasteiger partial charge in [-0.1, -0.05) is 30.4 Å². The summed E-state index contributed by atoms with van der Waals surface area (Å²) in [5.41, 5.74) is 2.58. The Bertz CT molecular complexity index is 604. The summed E-state index contributed by atoms with van der Waals surface area (Å²) in [5, 5.41) is 2.05. The molecule has 3 heteroatoms. The standard InChI is InChI=1S/C18H19FOS/c19-11-10-15(13-16-7-4-12-21-16)20-18-9-3-6-14-5-1-2-8-17(14)18/h1-4,6-7,9,12,15H,5,8,10-11,13H2. The van der Waals surface area contributed by atoms with Gasteiger partial charge in [0.05, 0.1) is 6.67 Å². The number of hydrogen-bond donors (Lipinski definition) is 0. The van der Waals surface area contributed by atoms with E-state index >= 15 is 0 Å². The minimum Gasteiger partial charge on any atom is -0.490 e. The molecule has 3 rings (SSSR count). The van der Waals surface area contributed by atoms with E-state index in [2.05, 4.69) is 29.7 Å². The van der Waals surface area contributed by atoms with Gasteiger partial charge >= 0.3 is 0 Å². The lowest BCUT2D eigenvalue weighted by molar-refractivity contribution is 0.178. The predicted octanol–water partition coefficient (Wildman–Crippen LogP) is 4.75. The number of benzene rings is 1. The monoisotopic (exact) mass is 302 g/mol. The Morgan fingerprint density at radius 2 is 2.05 bits per heavy atom. The molecule has 1 aliphatic carbocycles. The van der Waals surface area contributed by atoms with Crippen molar-refractivity contribution in [2.24, 2.45) is 0 Å². The van der Waals surface area contributed by atoms with Gasteiger partial charge in [0.2, 0.25) is 0 Å². The van der Waals surface area contributed by atoms with Crippen molar-refractivity contribution in [2.45, 2.75) is 31.8 Å². The van der Waals surface area contributed by atoms with Crippen molar-refractivity contribution in [2.75, 3.05) is 6.67 Å². The quantitative estimate of drug-likeness (QED) is 0.700. The van der Waals surface area contributed by atoms with E-state index in [9.17, 15) is 4.39 Å². The molecule has 0 radical (unpaired) electrons. The minimum atomic E-state index is -0.342. The maximum Gasteiger partial charge on any atom is 0.123 e. The van der Waals surface area contributed by atoms with E-state index in [0.717, 1.165) is 25.0 Å². The largest absolute Gasteiger partial charge is 0.490 e. The molecule has 0 N–H and O–H groups in total. The molecular weight excluding hydrogens is 283 g/mol. The fraction of sp³-hybridized carbons (Fsp3) is 0.333. The molecule has 0 saturated heterocycles. The highest BCUT2D eigenvalue weighted by molar-refractivity contribution is 7.09. The highest BCUT2D eigenvalue weighted by Gasteiger charge is 2.16. The Morgan fingerprint density at radius 3 is 2.86 bits per heavy atom. The number of rotatable bonds is 6. The average Bonchev–Trinajstić information content (AvgIpc) is 3.01. The number of thiophene rings is 1. The van der Waals surface area contributed by atoms with Gasteiger partial charge in [0.1, 0.15) is 11.9 Å². The van der Waals surface area contributed by atoms with E-state index in [0.29, 0.717) is 6.42 Å². The lowest BCUT2D eigenvalue weighted by atomic mass is 9.96. The third-order valence-corrected chi connectivity index (χ3v) is 4.69. The number of allylic oxidation sites excluding steroid dienone is 2. The molecule has 2 aromatic rings. The zero-order chi connectivity index (χ0) is 14.5. The van der Waals surface area contributed by atoms with Crippen molar-refractivity contribution in [3.63, 3.8) is 0 Å². The number of fused-ring (bicyclic) bond motifs is 1. The van der Waals surface area contributed by atoms with E-state index in [4.69, 9.17) is 4.74 Å². The van der Waals surface area contributed by atoms with Gasteiger partial charge in [0.25, 0.3) is 0 Å². The molecule has 110 valence electrons. The molecule has 0 saturated carbocycles. The normalized spacial score (nSPS) is 14.7. The van der Waals surface area contributed by atoms with Crippen LogP contribution in [0.15, 0.2) is 47.9 Å². The maximum atomic E-state index is 12.8. The van der Waals surface area contributed by atoms with Crippen LogP contribution in [-0.2, 0) is 19.3 Å². The van der Waals surface area contributed by atoms with Crippen molar-refractivity contribution in [1.82, 2.24) is 0 Å². The SMILES string of the molecule is FCCC(Cc1cccs1)Oc1cccc2c1CC=CC2. The summed E-state index contributed by atoms with van der Waals surface area (Å²) < 4.78 is 19.0. The molecule has 1 aliphatic rings. The molecule has 1 unspecified atom stereocenters. The summed E-state index contributed by atoms with van der Waals surface area (Å²) in [7, 11) is 0. The van der Waals surface area contributed by atoms with E-state index in [1.54, 1.807) is 11.3 Å². The molecule has 1 aromatic heterocycles. The van der Waals surface area contributed by atoms with Crippen LogP contribution in [0, 0.1) is 0 Å². The summed E-state index contributed by atoms with van der Waals surface area (Å²) in [6.45, 7) is -0.342. The summed E-state index contributed by atoms with van der Waals surface area (Å²) in [4.78, 5) is 1.25. The minimum absolute atomic E-state index is 0.0916. The Balaban J connectivity index is 1.77. The number of ether oxygens (including phenoxy) is 1. The van der Waals surface area contributed by atoms with E-state index < -0.39 is 0 Å². The van der Waals surface area contributed by atoms with Crippen molar-refractivity contribution in [3.05, 3.63) is 63.9 Å². The van der Waals surface area contributed by atoms with Gasteiger partial charge in [-0.15, -0.1) is 11.3 Å². The molecule has 1 aromatic carbocycles. The first-order valence-corrected chi connectivity index (χ1v) is 8.25. The van der Waals surface area contributed by atoms with Gasteiger partial charge in [-0.3, -0.25) is 4.39 Å². The molecule has 0 aliphatic heterocycles. The smallest absolute Gasteiger partial charge is 0.123 e. The lowest BCUT2D eigenvalue weighted by Crippen LogP contribution is -2.21. The summed E-state index contributed by atoms with van der Waals surface area (Å²) in [6.07, 6.45) is 7.37. The number of alkyl halides is 1. The third kappa shape index (κ3) is 3.53. The number of hydrogen-bond acceptors (Lipinski definition) is 2. The van der Waals surface area contributed by atoms with Crippen LogP contribution in [0.25, 0.3) is 0 Å². The lowest BCUT2D eigenvalue weighted by Gasteiger charge is -2.22. The Hall–Kier alpha value is -1.61. The second kappa shape index (κ2) is 6.90. The summed E-state index contributed by atoms with van der Waals surface area (Å²) in [6, 6.07) is 10.3. The first-order chi connectivity index (χ1) is 10.4. The van der Waals surface area contributed by atoms with Crippen molar-refractivity contribution < 1.29 is 9.13 Å². The zero-order valence-corrected chi connectivity index (χ0v) is 12.7. The molecule has 0 amide bonds. The average molecular weight is 302 g/mol. The zero-order valence-electron chi connectivity index (χ0n) is 11.9. The first-order valence-electron chi connectivity index (χ1n) is 7.37. The van der Waals surface area contributed by atoms with E-state index in [1.807, 2.05) is 18.2 Å². The van der Waals surface area contributed by atoms with E-state index in [1.165, 1.54) is 16.0 Å². The summed E-state index contributed by atoms with van der Waals surface area (Å²) >= 11 is 1.70. The van der Waals surface area contributed by atoms with Gasteiger partial charge in [-0.05, 0) is 35.9 Å². The Labute approximate surface area is 129 Å². The van der Waals surface area contributed by atoms with Crippen LogP contribution in [0.1, 0.15) is 22.4 Å². The van der Waals surface area contributed by atoms with E-state index in [-0.39, 0.29) is 12.8 Å². The molecular formula is C18H19FOS. The van der Waals surface area contributed by atoms with Crippen LogP contribution in [0.5, 0.6) is 5.75 Å². The number of halogens is 1. The fourth-order valence-electron chi connectivity index (χ4n) is 2.71. The fourth-order valence-corrected chi connectivity index (χ4v) is 3.48. The Morgan fingerprint density at radius 1 is 1.14 bits per heavy atom. The van der Waals surface area contributed by atoms with Crippen LogP contribution < -0.4 is 4.74 Å². The van der Waals surface area contributed by atoms with Crippen molar-refractivity contribution >= 4 is 11.3 Å². The van der Waals surface area contributed by atoms with Crippen LogP contribution in [0.2, 0.25) is 0 Å². The second-order valence-electron chi connectivity index (χ2n) is 5.27. The van der Waals surface area contributed by atoms with Gasteiger partial charge in [0.15, 0.2) is 0 Å². The molecule has 0 fully saturated rings. The molecule has 0 spiro atoms. The highest BCUT2D eigenvalue weighted by atomic mass is 32.1. The molecule has 0 bridgehead atoms. The van der Waals surface area contributed by atoms with Gasteiger partial charge in [-0.2, -0.15) is 0 Å². The van der Waals surface area contributed by atoms with Crippen LogP contribution in [0.3, 0.4) is 0 Å². The first kappa shape index (κ1) is 14.3. The van der Waals surface area contributed by atoms with Gasteiger partial charge < -0.3 is 4.74 Å². The third-order valence-electron chi connectivity index (χ3n) is 3.79. The molecule has 1 nitrogen and oxygen atoms in total. The van der Waals surface area contributed by atoms with Crippen LogP contribution >= 0.6 is 11.3 Å². The van der Waals surface area contributed by atoms with Crippen LogP contribution in [-0.4, -0.2) is 12.8 Å². The van der Waals surface area contributed by atoms with Crippen molar-refractivity contribution in [1.29, 1.82) is 0 Å².